The van der Waals surface area contributed by atoms with Gasteiger partial charge in [0, 0.05) is 19.3 Å². The lowest BCUT2D eigenvalue weighted by atomic mass is 10.2. The van der Waals surface area contributed by atoms with E-state index in [0.717, 1.165) is 6.20 Å². The molecule has 18 heavy (non-hydrogen) atoms. The van der Waals surface area contributed by atoms with Gasteiger partial charge in [-0.3, -0.25) is 9.78 Å². The Bertz CT molecular complexity index is 456. The minimum Gasteiger partial charge on any atom is -0.478 e. The molecule has 0 saturated heterocycles. The van der Waals surface area contributed by atoms with Crippen LogP contribution in [0.4, 0.5) is 0 Å². The molecule has 5 heteroatoms. The first-order valence-electron chi connectivity index (χ1n) is 5.30. The zero-order valence-corrected chi connectivity index (χ0v) is 9.87. The summed E-state index contributed by atoms with van der Waals surface area (Å²) in [6.07, 6.45) is 4.37. The van der Waals surface area contributed by atoms with Crippen molar-refractivity contribution in [3.05, 3.63) is 54.9 Å². The number of rotatable bonds is 6. The van der Waals surface area contributed by atoms with Crippen molar-refractivity contribution in [2.75, 3.05) is 13.1 Å². The fourth-order valence-electron chi connectivity index (χ4n) is 1.36. The molecular weight excluding hydrogens is 232 g/mol. The van der Waals surface area contributed by atoms with Gasteiger partial charge in [0.25, 0.3) is 5.91 Å². The van der Waals surface area contributed by atoms with Crippen LogP contribution in [0.3, 0.4) is 0 Å². The SMILES string of the molecule is C=CCN(CC=C)C(=O)c1ccc(C(=O)O)cn1. The first-order chi connectivity index (χ1) is 8.60. The first-order valence-corrected chi connectivity index (χ1v) is 5.30. The van der Waals surface area contributed by atoms with Gasteiger partial charge in [0.2, 0.25) is 0 Å². The maximum absolute atomic E-state index is 12.0. The average Bonchev–Trinajstić information content (AvgIpc) is 2.38. The Hall–Kier alpha value is -2.43. The number of hydrogen-bond acceptors (Lipinski definition) is 3. The van der Waals surface area contributed by atoms with Gasteiger partial charge in [0.1, 0.15) is 5.69 Å². The molecule has 94 valence electrons. The number of hydrogen-bond donors (Lipinski definition) is 1. The molecule has 0 atom stereocenters. The van der Waals surface area contributed by atoms with E-state index in [-0.39, 0.29) is 17.2 Å². The van der Waals surface area contributed by atoms with Crippen LogP contribution < -0.4 is 0 Å². The Labute approximate surface area is 105 Å². The Kier molecular flexibility index (Phi) is 4.80. The molecule has 0 aliphatic carbocycles. The molecule has 1 rings (SSSR count). The third kappa shape index (κ3) is 3.28. The summed E-state index contributed by atoms with van der Waals surface area (Å²) < 4.78 is 0. The zero-order valence-electron chi connectivity index (χ0n) is 9.87. The van der Waals surface area contributed by atoms with E-state index in [0.29, 0.717) is 13.1 Å². The summed E-state index contributed by atoms with van der Waals surface area (Å²) in [5.41, 5.74) is 0.245. The topological polar surface area (TPSA) is 70.5 Å². The Balaban J connectivity index is 2.90. The molecule has 1 heterocycles. The van der Waals surface area contributed by atoms with Crippen molar-refractivity contribution in [2.24, 2.45) is 0 Å². The van der Waals surface area contributed by atoms with E-state index >= 15 is 0 Å². The van der Waals surface area contributed by atoms with Crippen LogP contribution in [0.2, 0.25) is 0 Å². The van der Waals surface area contributed by atoms with Gasteiger partial charge in [-0.05, 0) is 12.1 Å². The summed E-state index contributed by atoms with van der Waals surface area (Å²) in [5.74, 6) is -1.36. The van der Waals surface area contributed by atoms with Crippen LogP contribution in [-0.2, 0) is 0 Å². The van der Waals surface area contributed by atoms with Crippen LogP contribution in [0.1, 0.15) is 20.8 Å². The lowest BCUT2D eigenvalue weighted by Gasteiger charge is -2.18. The number of pyridine rings is 1. The molecular formula is C13H14N2O3. The first kappa shape index (κ1) is 13.6. The quantitative estimate of drug-likeness (QED) is 0.774. The molecule has 0 saturated carbocycles. The fourth-order valence-corrected chi connectivity index (χ4v) is 1.36. The summed E-state index contributed by atoms with van der Waals surface area (Å²) in [4.78, 5) is 28.0. The largest absolute Gasteiger partial charge is 0.478 e. The lowest BCUT2D eigenvalue weighted by Crippen LogP contribution is -2.31. The van der Waals surface area contributed by atoms with Crippen molar-refractivity contribution in [1.29, 1.82) is 0 Å². The van der Waals surface area contributed by atoms with Gasteiger partial charge in [-0.1, -0.05) is 12.2 Å². The third-order valence-corrected chi connectivity index (χ3v) is 2.22. The van der Waals surface area contributed by atoms with Crippen molar-refractivity contribution >= 4 is 11.9 Å². The Morgan fingerprint density at radius 1 is 1.28 bits per heavy atom. The monoisotopic (exact) mass is 246 g/mol. The van der Waals surface area contributed by atoms with E-state index in [1.807, 2.05) is 0 Å². The van der Waals surface area contributed by atoms with Gasteiger partial charge < -0.3 is 10.0 Å². The highest BCUT2D eigenvalue weighted by molar-refractivity contribution is 5.94. The lowest BCUT2D eigenvalue weighted by molar-refractivity contribution is 0.0694. The standard InChI is InChI=1S/C13H14N2O3/c1-3-7-15(8-4-2)12(16)11-6-5-10(9-14-11)13(17)18/h3-6,9H,1-2,7-8H2,(H,17,18). The van der Waals surface area contributed by atoms with E-state index in [9.17, 15) is 9.59 Å². The predicted octanol–water partition coefficient (Wildman–Crippen LogP) is 1.59. The van der Waals surface area contributed by atoms with Crippen LogP contribution in [0.5, 0.6) is 0 Å². The average molecular weight is 246 g/mol. The van der Waals surface area contributed by atoms with Crippen LogP contribution in [-0.4, -0.2) is 40.0 Å². The number of carbonyl (C=O) groups excluding carboxylic acids is 1. The van der Waals surface area contributed by atoms with Crippen molar-refractivity contribution in [3.63, 3.8) is 0 Å². The molecule has 1 N–H and O–H groups in total. The van der Waals surface area contributed by atoms with E-state index in [1.54, 1.807) is 12.2 Å². The minimum absolute atomic E-state index is 0.0468. The van der Waals surface area contributed by atoms with Crippen molar-refractivity contribution in [2.45, 2.75) is 0 Å². The van der Waals surface area contributed by atoms with Crippen molar-refractivity contribution in [1.82, 2.24) is 9.88 Å². The molecule has 0 aliphatic rings. The van der Waals surface area contributed by atoms with Gasteiger partial charge in [0.05, 0.1) is 5.56 Å². The number of carboxylic acids is 1. The smallest absolute Gasteiger partial charge is 0.337 e. The van der Waals surface area contributed by atoms with Crippen LogP contribution >= 0.6 is 0 Å². The number of carbonyl (C=O) groups is 2. The highest BCUT2D eigenvalue weighted by atomic mass is 16.4. The van der Waals surface area contributed by atoms with Gasteiger partial charge in [-0.25, -0.2) is 4.79 Å². The van der Waals surface area contributed by atoms with Crippen LogP contribution in [0.25, 0.3) is 0 Å². The second-order valence-corrected chi connectivity index (χ2v) is 3.52. The molecule has 1 aromatic rings. The molecule has 0 unspecified atom stereocenters. The zero-order chi connectivity index (χ0) is 13.5. The third-order valence-electron chi connectivity index (χ3n) is 2.22. The summed E-state index contributed by atoms with van der Waals surface area (Å²) >= 11 is 0. The maximum Gasteiger partial charge on any atom is 0.337 e. The van der Waals surface area contributed by atoms with Crippen molar-refractivity contribution in [3.8, 4) is 0 Å². The van der Waals surface area contributed by atoms with Gasteiger partial charge in [-0.2, -0.15) is 0 Å². The highest BCUT2D eigenvalue weighted by Gasteiger charge is 2.15. The van der Waals surface area contributed by atoms with E-state index in [4.69, 9.17) is 5.11 Å². The second kappa shape index (κ2) is 6.34. The normalized spacial score (nSPS) is 9.56. The summed E-state index contributed by atoms with van der Waals surface area (Å²) in [5, 5.41) is 8.73. The number of aromatic nitrogens is 1. The van der Waals surface area contributed by atoms with Gasteiger partial charge in [0.15, 0.2) is 0 Å². The van der Waals surface area contributed by atoms with Crippen LogP contribution in [0.15, 0.2) is 43.6 Å². The summed E-state index contributed by atoms with van der Waals surface area (Å²) in [6, 6.07) is 2.74. The molecule has 0 aromatic carbocycles. The number of amides is 1. The molecule has 1 aromatic heterocycles. The number of aromatic carboxylic acids is 1. The summed E-state index contributed by atoms with van der Waals surface area (Å²) in [7, 11) is 0. The molecule has 0 fully saturated rings. The van der Waals surface area contributed by atoms with E-state index in [1.165, 1.54) is 17.0 Å². The fraction of sp³-hybridized carbons (Fsp3) is 0.154. The molecule has 1 amide bonds. The second-order valence-electron chi connectivity index (χ2n) is 3.52. The van der Waals surface area contributed by atoms with Crippen LogP contribution in [0, 0.1) is 0 Å². The molecule has 0 aliphatic heterocycles. The molecule has 0 spiro atoms. The minimum atomic E-state index is -1.07. The van der Waals surface area contributed by atoms with Gasteiger partial charge in [-0.15, -0.1) is 13.2 Å². The molecule has 0 bridgehead atoms. The molecule has 5 nitrogen and oxygen atoms in total. The van der Waals surface area contributed by atoms with Crippen molar-refractivity contribution < 1.29 is 14.7 Å². The highest BCUT2D eigenvalue weighted by Crippen LogP contribution is 2.05. The number of carboxylic acid groups (broad SMARTS) is 1. The van der Waals surface area contributed by atoms with E-state index < -0.39 is 5.97 Å². The van der Waals surface area contributed by atoms with Gasteiger partial charge >= 0.3 is 5.97 Å². The number of nitrogens with zero attached hydrogens (tertiary/aromatic N) is 2. The summed E-state index contributed by atoms with van der Waals surface area (Å²) in [6.45, 7) is 7.90. The predicted molar refractivity (Wildman–Crippen MR) is 67.5 cm³/mol. The Morgan fingerprint density at radius 3 is 2.28 bits per heavy atom. The Morgan fingerprint density at radius 2 is 1.89 bits per heavy atom. The van der Waals surface area contributed by atoms with E-state index in [2.05, 4.69) is 18.1 Å². The maximum atomic E-state index is 12.0. The molecule has 0 radical (unpaired) electrons.